The Labute approximate surface area is 116 Å². The maximum Gasteiger partial charge on any atom is 0.416 e. The van der Waals surface area contributed by atoms with E-state index in [-0.39, 0.29) is 18.6 Å². The second kappa shape index (κ2) is 6.26. The largest absolute Gasteiger partial charge is 0.466 e. The number of esters is 1. The minimum absolute atomic E-state index is 0.0306. The molecule has 1 aromatic carbocycles. The number of carbonyl (C=O) groups excluding carboxylic acids is 1. The minimum Gasteiger partial charge on any atom is -0.466 e. The summed E-state index contributed by atoms with van der Waals surface area (Å²) in [6, 6.07) is 5.23. The molecule has 0 aliphatic carbocycles. The SMILES string of the molecule is CCOC(=O)CC(C)(NC)c1ccccc1C(F)(F)F. The molecule has 0 radical (unpaired) electrons. The smallest absolute Gasteiger partial charge is 0.416 e. The minimum atomic E-state index is -4.47. The first-order valence-corrected chi connectivity index (χ1v) is 6.26. The lowest BCUT2D eigenvalue weighted by molar-refractivity contribution is -0.146. The second-order valence-corrected chi connectivity index (χ2v) is 4.61. The van der Waals surface area contributed by atoms with E-state index in [0.29, 0.717) is 0 Å². The van der Waals surface area contributed by atoms with Crippen LogP contribution in [0.5, 0.6) is 0 Å². The third kappa shape index (κ3) is 3.72. The fraction of sp³-hybridized carbons (Fsp3) is 0.500. The first-order valence-electron chi connectivity index (χ1n) is 6.26. The molecule has 0 heterocycles. The van der Waals surface area contributed by atoms with Gasteiger partial charge < -0.3 is 10.1 Å². The zero-order valence-corrected chi connectivity index (χ0v) is 11.7. The fourth-order valence-electron chi connectivity index (χ4n) is 2.03. The number of carbonyl (C=O) groups is 1. The van der Waals surface area contributed by atoms with Crippen molar-refractivity contribution in [1.29, 1.82) is 0 Å². The number of halogens is 3. The molecule has 1 aromatic rings. The van der Waals surface area contributed by atoms with Gasteiger partial charge in [-0.1, -0.05) is 18.2 Å². The van der Waals surface area contributed by atoms with Gasteiger partial charge in [-0.3, -0.25) is 4.79 Å². The van der Waals surface area contributed by atoms with Gasteiger partial charge in [0.05, 0.1) is 24.1 Å². The lowest BCUT2D eigenvalue weighted by atomic mass is 9.85. The fourth-order valence-corrected chi connectivity index (χ4v) is 2.03. The normalized spacial score (nSPS) is 14.7. The number of ether oxygens (including phenoxy) is 1. The summed E-state index contributed by atoms with van der Waals surface area (Å²) < 4.78 is 44.0. The highest BCUT2D eigenvalue weighted by molar-refractivity contribution is 5.71. The number of rotatable bonds is 5. The van der Waals surface area contributed by atoms with Crippen LogP contribution < -0.4 is 5.32 Å². The topological polar surface area (TPSA) is 38.3 Å². The van der Waals surface area contributed by atoms with Gasteiger partial charge in [0.1, 0.15) is 0 Å². The molecule has 6 heteroatoms. The van der Waals surface area contributed by atoms with E-state index in [1.54, 1.807) is 13.8 Å². The Bertz CT molecular complexity index is 474. The molecule has 1 atom stereocenters. The van der Waals surface area contributed by atoms with E-state index in [1.165, 1.54) is 25.2 Å². The van der Waals surface area contributed by atoms with E-state index in [1.807, 2.05) is 0 Å². The summed E-state index contributed by atoms with van der Waals surface area (Å²) in [5, 5.41) is 2.80. The summed E-state index contributed by atoms with van der Waals surface area (Å²) in [5.41, 5.74) is -1.86. The molecule has 0 aliphatic heterocycles. The number of hydrogen-bond acceptors (Lipinski definition) is 3. The van der Waals surface area contributed by atoms with Crippen LogP contribution in [0.25, 0.3) is 0 Å². The third-order valence-electron chi connectivity index (χ3n) is 3.18. The Morgan fingerprint density at radius 3 is 2.25 bits per heavy atom. The van der Waals surface area contributed by atoms with Crippen LogP contribution in [-0.4, -0.2) is 19.6 Å². The molecule has 0 saturated heterocycles. The highest BCUT2D eigenvalue weighted by Crippen LogP contribution is 2.37. The molecule has 3 nitrogen and oxygen atoms in total. The molecule has 0 aromatic heterocycles. The van der Waals surface area contributed by atoms with Crippen molar-refractivity contribution in [3.8, 4) is 0 Å². The summed E-state index contributed by atoms with van der Waals surface area (Å²) in [6.45, 7) is 3.40. The molecule has 20 heavy (non-hydrogen) atoms. The molecule has 112 valence electrons. The summed E-state index contributed by atoms with van der Waals surface area (Å²) >= 11 is 0. The van der Waals surface area contributed by atoms with Crippen LogP contribution in [0.15, 0.2) is 24.3 Å². The third-order valence-corrected chi connectivity index (χ3v) is 3.18. The van der Waals surface area contributed by atoms with Crippen molar-refractivity contribution in [3.05, 3.63) is 35.4 Å². The molecule has 0 aliphatic rings. The summed E-state index contributed by atoms with van der Waals surface area (Å²) in [7, 11) is 1.52. The molecule has 0 saturated carbocycles. The molecular formula is C14H18F3NO2. The van der Waals surface area contributed by atoms with Crippen LogP contribution >= 0.6 is 0 Å². The van der Waals surface area contributed by atoms with E-state index < -0.39 is 23.2 Å². The number of alkyl halides is 3. The van der Waals surface area contributed by atoms with E-state index in [0.717, 1.165) is 6.07 Å². The number of benzene rings is 1. The van der Waals surface area contributed by atoms with Gasteiger partial charge >= 0.3 is 12.1 Å². The van der Waals surface area contributed by atoms with Gasteiger partial charge in [-0.2, -0.15) is 13.2 Å². The number of hydrogen-bond donors (Lipinski definition) is 1. The van der Waals surface area contributed by atoms with Crippen LogP contribution in [0.2, 0.25) is 0 Å². The average Bonchev–Trinajstić information content (AvgIpc) is 2.38. The first kappa shape index (κ1) is 16.5. The Hall–Kier alpha value is -1.56. The highest BCUT2D eigenvalue weighted by atomic mass is 19.4. The zero-order valence-electron chi connectivity index (χ0n) is 11.7. The summed E-state index contributed by atoms with van der Waals surface area (Å²) in [6.07, 6.45) is -4.65. The lowest BCUT2D eigenvalue weighted by Crippen LogP contribution is -2.41. The average molecular weight is 289 g/mol. The molecule has 0 spiro atoms. The van der Waals surface area contributed by atoms with E-state index in [4.69, 9.17) is 4.74 Å². The van der Waals surface area contributed by atoms with Crippen molar-refractivity contribution in [2.24, 2.45) is 0 Å². The quantitative estimate of drug-likeness (QED) is 0.847. The lowest BCUT2D eigenvalue weighted by Gasteiger charge is -2.31. The Kier molecular flexibility index (Phi) is 5.16. The van der Waals surface area contributed by atoms with Gasteiger partial charge in [-0.05, 0) is 32.5 Å². The molecule has 1 rings (SSSR count). The monoisotopic (exact) mass is 289 g/mol. The first-order chi connectivity index (χ1) is 9.24. The van der Waals surface area contributed by atoms with Crippen LogP contribution in [0, 0.1) is 0 Å². The molecule has 1 N–H and O–H groups in total. The molecule has 0 fully saturated rings. The van der Waals surface area contributed by atoms with Gasteiger partial charge in [-0.15, -0.1) is 0 Å². The molecule has 0 bridgehead atoms. The second-order valence-electron chi connectivity index (χ2n) is 4.61. The maximum atomic E-state index is 13.1. The summed E-state index contributed by atoms with van der Waals surface area (Å²) in [5.74, 6) is -0.540. The maximum absolute atomic E-state index is 13.1. The molecule has 1 unspecified atom stereocenters. The van der Waals surface area contributed by atoms with Crippen LogP contribution in [0.1, 0.15) is 31.4 Å². The van der Waals surface area contributed by atoms with Crippen LogP contribution in [-0.2, 0) is 21.2 Å². The Balaban J connectivity index is 3.21. The van der Waals surface area contributed by atoms with Gasteiger partial charge in [0.2, 0.25) is 0 Å². The van der Waals surface area contributed by atoms with Gasteiger partial charge in [0.25, 0.3) is 0 Å². The summed E-state index contributed by atoms with van der Waals surface area (Å²) in [4.78, 5) is 11.6. The zero-order chi connectivity index (χ0) is 15.4. The Morgan fingerprint density at radius 1 is 1.25 bits per heavy atom. The van der Waals surface area contributed by atoms with Gasteiger partial charge in [-0.25, -0.2) is 0 Å². The van der Waals surface area contributed by atoms with Gasteiger partial charge in [0, 0.05) is 0 Å². The Morgan fingerprint density at radius 2 is 1.80 bits per heavy atom. The molecular weight excluding hydrogens is 271 g/mol. The van der Waals surface area contributed by atoms with Crippen molar-refractivity contribution in [1.82, 2.24) is 5.32 Å². The number of nitrogens with one attached hydrogen (secondary N) is 1. The predicted octanol–water partition coefficient (Wildman–Crippen LogP) is 3.09. The van der Waals surface area contributed by atoms with Crippen LogP contribution in [0.4, 0.5) is 13.2 Å². The van der Waals surface area contributed by atoms with Crippen molar-refractivity contribution in [2.75, 3.05) is 13.7 Å². The van der Waals surface area contributed by atoms with E-state index in [9.17, 15) is 18.0 Å². The molecule has 0 amide bonds. The van der Waals surface area contributed by atoms with Crippen molar-refractivity contribution >= 4 is 5.97 Å². The van der Waals surface area contributed by atoms with Crippen LogP contribution in [0.3, 0.4) is 0 Å². The standard InChI is InChI=1S/C14H18F3NO2/c1-4-20-12(19)9-13(2,18-3)10-7-5-6-8-11(10)14(15,16)17/h5-8,18H,4,9H2,1-3H3. The van der Waals surface area contributed by atoms with Gasteiger partial charge in [0.15, 0.2) is 0 Å². The van der Waals surface area contributed by atoms with Crippen molar-refractivity contribution in [3.63, 3.8) is 0 Å². The van der Waals surface area contributed by atoms with E-state index >= 15 is 0 Å². The van der Waals surface area contributed by atoms with Crippen molar-refractivity contribution < 1.29 is 22.7 Å². The highest BCUT2D eigenvalue weighted by Gasteiger charge is 2.39. The van der Waals surface area contributed by atoms with Crippen molar-refractivity contribution in [2.45, 2.75) is 32.0 Å². The predicted molar refractivity (Wildman–Crippen MR) is 69.1 cm³/mol. The van der Waals surface area contributed by atoms with E-state index in [2.05, 4.69) is 5.32 Å².